The number of aryl methyl sites for hydroxylation is 1. The van der Waals surface area contributed by atoms with Crippen molar-refractivity contribution in [3.05, 3.63) is 36.2 Å². The number of hydrogen-bond donors (Lipinski definition) is 2. The van der Waals surface area contributed by atoms with Crippen LogP contribution < -0.4 is 10.5 Å². The van der Waals surface area contributed by atoms with Gasteiger partial charge in [0, 0.05) is 6.20 Å². The van der Waals surface area contributed by atoms with Crippen LogP contribution in [0.25, 0.3) is 5.69 Å². The SMILES string of the molecule is CNS(=O)(=O)c1ccc(-n2ccc(C)n2)c(N)c1. The Balaban J connectivity index is 2.49. The summed E-state index contributed by atoms with van der Waals surface area (Å²) in [4.78, 5) is 0.134. The third-order valence-electron chi connectivity index (χ3n) is 2.55. The molecular weight excluding hydrogens is 252 g/mol. The standard InChI is InChI=1S/C11H14N4O2S/c1-8-5-6-15(14-8)11-4-3-9(7-10(11)12)18(16,17)13-2/h3-7,13H,12H2,1-2H3. The van der Waals surface area contributed by atoms with Crippen LogP contribution in [-0.4, -0.2) is 25.2 Å². The largest absolute Gasteiger partial charge is 0.397 e. The van der Waals surface area contributed by atoms with Gasteiger partial charge in [-0.3, -0.25) is 0 Å². The van der Waals surface area contributed by atoms with Crippen LogP contribution in [0.2, 0.25) is 0 Å². The number of anilines is 1. The molecular formula is C11H14N4O2S. The van der Waals surface area contributed by atoms with E-state index in [2.05, 4.69) is 9.82 Å². The zero-order chi connectivity index (χ0) is 13.3. The van der Waals surface area contributed by atoms with Crippen LogP contribution >= 0.6 is 0 Å². The van der Waals surface area contributed by atoms with Gasteiger partial charge in [-0.25, -0.2) is 17.8 Å². The zero-order valence-electron chi connectivity index (χ0n) is 10.1. The first kappa shape index (κ1) is 12.6. The molecule has 96 valence electrons. The second-order valence-electron chi connectivity index (χ2n) is 3.83. The molecule has 0 radical (unpaired) electrons. The molecule has 0 fully saturated rings. The minimum absolute atomic E-state index is 0.134. The lowest BCUT2D eigenvalue weighted by Gasteiger charge is -2.08. The van der Waals surface area contributed by atoms with Crippen LogP contribution in [0, 0.1) is 6.92 Å². The molecule has 0 saturated heterocycles. The molecule has 7 heteroatoms. The molecule has 0 aliphatic heterocycles. The third kappa shape index (κ3) is 2.22. The van der Waals surface area contributed by atoms with Crippen molar-refractivity contribution < 1.29 is 8.42 Å². The lowest BCUT2D eigenvalue weighted by Crippen LogP contribution is -2.19. The molecule has 18 heavy (non-hydrogen) atoms. The lowest BCUT2D eigenvalue weighted by atomic mass is 10.3. The molecule has 0 atom stereocenters. The van der Waals surface area contributed by atoms with Crippen molar-refractivity contribution in [2.75, 3.05) is 12.8 Å². The maximum atomic E-state index is 11.6. The van der Waals surface area contributed by atoms with E-state index in [-0.39, 0.29) is 4.90 Å². The van der Waals surface area contributed by atoms with Gasteiger partial charge in [-0.15, -0.1) is 0 Å². The van der Waals surface area contributed by atoms with E-state index in [9.17, 15) is 8.42 Å². The van der Waals surface area contributed by atoms with Gasteiger partial charge in [0.15, 0.2) is 0 Å². The van der Waals surface area contributed by atoms with E-state index in [0.29, 0.717) is 11.4 Å². The summed E-state index contributed by atoms with van der Waals surface area (Å²) >= 11 is 0. The van der Waals surface area contributed by atoms with Crippen molar-refractivity contribution in [2.45, 2.75) is 11.8 Å². The Morgan fingerprint density at radius 3 is 2.56 bits per heavy atom. The number of benzene rings is 1. The number of nitrogens with zero attached hydrogens (tertiary/aromatic N) is 2. The van der Waals surface area contributed by atoms with Crippen molar-refractivity contribution in [2.24, 2.45) is 0 Å². The van der Waals surface area contributed by atoms with E-state index < -0.39 is 10.0 Å². The summed E-state index contributed by atoms with van der Waals surface area (Å²) < 4.78 is 27.1. The normalized spacial score (nSPS) is 11.7. The Morgan fingerprint density at radius 2 is 2.06 bits per heavy atom. The number of nitrogen functional groups attached to an aromatic ring is 1. The highest BCUT2D eigenvalue weighted by atomic mass is 32.2. The Hall–Kier alpha value is -1.86. The Morgan fingerprint density at radius 1 is 1.33 bits per heavy atom. The van der Waals surface area contributed by atoms with Gasteiger partial charge in [0.05, 0.1) is 22.0 Å². The smallest absolute Gasteiger partial charge is 0.240 e. The summed E-state index contributed by atoms with van der Waals surface area (Å²) in [5.74, 6) is 0. The molecule has 3 N–H and O–H groups in total. The first-order chi connectivity index (χ1) is 8.44. The van der Waals surface area contributed by atoms with Gasteiger partial charge in [0.1, 0.15) is 0 Å². The number of sulfonamides is 1. The molecule has 6 nitrogen and oxygen atoms in total. The van der Waals surface area contributed by atoms with E-state index in [0.717, 1.165) is 5.69 Å². The predicted octanol–water partition coefficient (Wildman–Crippen LogP) is 0.671. The van der Waals surface area contributed by atoms with Crippen molar-refractivity contribution >= 4 is 15.7 Å². The highest BCUT2D eigenvalue weighted by Crippen LogP contribution is 2.21. The average molecular weight is 266 g/mol. The lowest BCUT2D eigenvalue weighted by molar-refractivity contribution is 0.588. The fourth-order valence-corrected chi connectivity index (χ4v) is 2.34. The minimum atomic E-state index is -3.47. The summed E-state index contributed by atoms with van der Waals surface area (Å²) in [5, 5.41) is 4.23. The van der Waals surface area contributed by atoms with Gasteiger partial charge in [-0.2, -0.15) is 5.10 Å². The molecule has 0 spiro atoms. The van der Waals surface area contributed by atoms with Gasteiger partial charge in [-0.1, -0.05) is 0 Å². The zero-order valence-corrected chi connectivity index (χ0v) is 10.9. The Bertz CT molecular complexity index is 676. The van der Waals surface area contributed by atoms with Gasteiger partial charge in [-0.05, 0) is 38.2 Å². The quantitative estimate of drug-likeness (QED) is 0.799. The number of nitrogens with one attached hydrogen (secondary N) is 1. The molecule has 0 amide bonds. The van der Waals surface area contributed by atoms with Crippen molar-refractivity contribution in [1.29, 1.82) is 0 Å². The van der Waals surface area contributed by atoms with E-state index >= 15 is 0 Å². The van der Waals surface area contributed by atoms with Crippen LogP contribution in [0.1, 0.15) is 5.69 Å². The number of nitrogens with two attached hydrogens (primary N) is 1. The number of rotatable bonds is 3. The second kappa shape index (κ2) is 4.43. The highest BCUT2D eigenvalue weighted by Gasteiger charge is 2.13. The molecule has 0 unspecified atom stereocenters. The molecule has 0 aliphatic rings. The maximum Gasteiger partial charge on any atom is 0.240 e. The topological polar surface area (TPSA) is 90.0 Å². The minimum Gasteiger partial charge on any atom is -0.397 e. The van der Waals surface area contributed by atoms with Crippen LogP contribution in [0.3, 0.4) is 0 Å². The van der Waals surface area contributed by atoms with Crippen LogP contribution in [-0.2, 0) is 10.0 Å². The molecule has 1 heterocycles. The Kier molecular flexibility index (Phi) is 3.10. The molecule has 1 aromatic heterocycles. The first-order valence-corrected chi connectivity index (χ1v) is 6.78. The van der Waals surface area contributed by atoms with E-state index in [1.165, 1.54) is 19.2 Å². The van der Waals surface area contributed by atoms with Gasteiger partial charge in [0.2, 0.25) is 10.0 Å². The number of aromatic nitrogens is 2. The average Bonchev–Trinajstić information content (AvgIpc) is 2.75. The summed E-state index contributed by atoms with van der Waals surface area (Å²) in [6, 6.07) is 6.39. The van der Waals surface area contributed by atoms with Gasteiger partial charge >= 0.3 is 0 Å². The third-order valence-corrected chi connectivity index (χ3v) is 3.96. The molecule has 0 bridgehead atoms. The van der Waals surface area contributed by atoms with Crippen LogP contribution in [0.4, 0.5) is 5.69 Å². The number of hydrogen-bond acceptors (Lipinski definition) is 4. The van der Waals surface area contributed by atoms with Gasteiger partial charge < -0.3 is 5.73 Å². The summed E-state index contributed by atoms with van der Waals surface area (Å²) in [6.45, 7) is 1.87. The van der Waals surface area contributed by atoms with Crippen molar-refractivity contribution in [1.82, 2.24) is 14.5 Å². The van der Waals surface area contributed by atoms with E-state index in [4.69, 9.17) is 5.73 Å². The summed E-state index contributed by atoms with van der Waals surface area (Å²) in [6.07, 6.45) is 1.77. The summed E-state index contributed by atoms with van der Waals surface area (Å²) in [7, 11) is -2.12. The molecule has 0 aliphatic carbocycles. The molecule has 2 aromatic rings. The van der Waals surface area contributed by atoms with E-state index in [1.54, 1.807) is 16.9 Å². The maximum absolute atomic E-state index is 11.6. The predicted molar refractivity (Wildman–Crippen MR) is 69.0 cm³/mol. The highest BCUT2D eigenvalue weighted by molar-refractivity contribution is 7.89. The monoisotopic (exact) mass is 266 g/mol. The second-order valence-corrected chi connectivity index (χ2v) is 5.72. The fraction of sp³-hybridized carbons (Fsp3) is 0.182. The fourth-order valence-electron chi connectivity index (χ4n) is 1.58. The van der Waals surface area contributed by atoms with Crippen molar-refractivity contribution in [3.63, 3.8) is 0 Å². The summed E-state index contributed by atoms with van der Waals surface area (Å²) in [5.41, 5.74) is 7.73. The molecule has 0 saturated carbocycles. The van der Waals surface area contributed by atoms with Crippen LogP contribution in [0.5, 0.6) is 0 Å². The Labute approximate surface area is 105 Å². The van der Waals surface area contributed by atoms with E-state index in [1.807, 2.05) is 13.0 Å². The molecule has 2 rings (SSSR count). The molecule has 1 aromatic carbocycles. The first-order valence-electron chi connectivity index (χ1n) is 5.30. The van der Waals surface area contributed by atoms with Crippen molar-refractivity contribution in [3.8, 4) is 5.69 Å². The van der Waals surface area contributed by atoms with Gasteiger partial charge in [0.25, 0.3) is 0 Å². The van der Waals surface area contributed by atoms with Crippen LogP contribution in [0.15, 0.2) is 35.4 Å².